The lowest BCUT2D eigenvalue weighted by Crippen LogP contribution is -2.12. The van der Waals surface area contributed by atoms with E-state index in [4.69, 9.17) is 16.2 Å². The quantitative estimate of drug-likeness (QED) is 0.636. The maximum atomic E-state index is 13.2. The summed E-state index contributed by atoms with van der Waals surface area (Å²) in [7, 11) is 0. The van der Waals surface area contributed by atoms with Gasteiger partial charge in [-0.3, -0.25) is 9.59 Å². The lowest BCUT2D eigenvalue weighted by Gasteiger charge is -2.07. The second-order valence-electron chi connectivity index (χ2n) is 5.85. The van der Waals surface area contributed by atoms with Gasteiger partial charge < -0.3 is 16.2 Å². The van der Waals surface area contributed by atoms with E-state index < -0.39 is 29.1 Å². The zero-order chi connectivity index (χ0) is 20.9. The van der Waals surface area contributed by atoms with Crippen LogP contribution < -0.4 is 16.2 Å². The highest BCUT2D eigenvalue weighted by molar-refractivity contribution is 5.92. The van der Waals surface area contributed by atoms with Gasteiger partial charge in [0.25, 0.3) is 0 Å². The standard InChI is InChI=1S/C13H17F2NO2.C7H6FNO/c14-11-6-4-7-12(15)13(11)18-9-10(17)5-2-1-3-8-16;8-6-3-1-2-5(4-6)7(9)10/h4,6-7H,1-3,5,8-9,16H2;1-4H,(H2,9,10). The molecule has 0 unspecified atom stereocenters. The van der Waals surface area contributed by atoms with Gasteiger partial charge in [0.05, 0.1) is 0 Å². The molecular weight excluding hydrogens is 373 g/mol. The molecule has 0 radical (unpaired) electrons. The molecule has 0 aliphatic rings. The van der Waals surface area contributed by atoms with Crippen LogP contribution in [-0.4, -0.2) is 24.8 Å². The second kappa shape index (κ2) is 12.5. The Labute approximate surface area is 161 Å². The van der Waals surface area contributed by atoms with Gasteiger partial charge >= 0.3 is 0 Å². The first-order valence-electron chi connectivity index (χ1n) is 8.69. The van der Waals surface area contributed by atoms with Crippen molar-refractivity contribution in [2.75, 3.05) is 13.2 Å². The van der Waals surface area contributed by atoms with Crippen LogP contribution in [0, 0.1) is 17.5 Å². The van der Waals surface area contributed by atoms with Crippen molar-refractivity contribution in [1.82, 2.24) is 0 Å². The van der Waals surface area contributed by atoms with Crippen molar-refractivity contribution < 1.29 is 27.5 Å². The number of amides is 1. The van der Waals surface area contributed by atoms with Crippen LogP contribution in [0.2, 0.25) is 0 Å². The van der Waals surface area contributed by atoms with Crippen LogP contribution in [0.15, 0.2) is 42.5 Å². The first-order chi connectivity index (χ1) is 13.3. The Bertz CT molecular complexity index is 765. The molecule has 0 fully saturated rings. The molecule has 5 nitrogen and oxygen atoms in total. The number of ether oxygens (including phenoxy) is 1. The number of primary amides is 1. The number of halogens is 3. The van der Waals surface area contributed by atoms with E-state index in [1.165, 1.54) is 24.3 Å². The van der Waals surface area contributed by atoms with Crippen molar-refractivity contribution in [2.45, 2.75) is 25.7 Å². The molecule has 28 heavy (non-hydrogen) atoms. The lowest BCUT2D eigenvalue weighted by molar-refractivity contribution is -0.121. The van der Waals surface area contributed by atoms with Crippen LogP contribution in [0.25, 0.3) is 0 Å². The van der Waals surface area contributed by atoms with E-state index in [1.54, 1.807) is 0 Å². The number of hydrogen-bond acceptors (Lipinski definition) is 4. The topological polar surface area (TPSA) is 95.4 Å². The summed E-state index contributed by atoms with van der Waals surface area (Å²) in [5.74, 6) is -3.32. The fraction of sp³-hybridized carbons (Fsp3) is 0.300. The van der Waals surface area contributed by atoms with E-state index in [0.717, 1.165) is 37.5 Å². The van der Waals surface area contributed by atoms with E-state index >= 15 is 0 Å². The van der Waals surface area contributed by atoms with E-state index in [1.807, 2.05) is 0 Å². The van der Waals surface area contributed by atoms with Crippen LogP contribution >= 0.6 is 0 Å². The largest absolute Gasteiger partial charge is 0.480 e. The smallest absolute Gasteiger partial charge is 0.248 e. The molecule has 0 aromatic heterocycles. The summed E-state index contributed by atoms with van der Waals surface area (Å²) in [6.45, 7) is 0.297. The highest BCUT2D eigenvalue weighted by atomic mass is 19.1. The molecule has 0 saturated carbocycles. The lowest BCUT2D eigenvalue weighted by atomic mass is 10.1. The average molecular weight is 396 g/mol. The fourth-order valence-corrected chi connectivity index (χ4v) is 2.13. The van der Waals surface area contributed by atoms with Gasteiger partial charge in [0.15, 0.2) is 23.2 Å². The molecule has 4 N–H and O–H groups in total. The molecule has 0 aliphatic carbocycles. The molecule has 0 aliphatic heterocycles. The Morgan fingerprint density at radius 1 is 0.929 bits per heavy atom. The maximum Gasteiger partial charge on any atom is 0.248 e. The van der Waals surface area contributed by atoms with E-state index in [2.05, 4.69) is 0 Å². The molecule has 2 aromatic carbocycles. The van der Waals surface area contributed by atoms with E-state index in [9.17, 15) is 22.8 Å². The summed E-state index contributed by atoms with van der Waals surface area (Å²) in [6, 6.07) is 8.68. The number of ketones is 1. The Morgan fingerprint density at radius 3 is 2.11 bits per heavy atom. The molecule has 0 saturated heterocycles. The Kier molecular flexibility index (Phi) is 10.3. The van der Waals surface area contributed by atoms with Crippen LogP contribution in [0.1, 0.15) is 36.0 Å². The summed E-state index contributed by atoms with van der Waals surface area (Å²) in [5.41, 5.74) is 10.4. The Balaban J connectivity index is 0.000000330. The molecule has 0 spiro atoms. The average Bonchev–Trinajstić information content (AvgIpc) is 2.65. The number of benzene rings is 2. The number of hydrogen-bond donors (Lipinski definition) is 2. The number of para-hydroxylation sites is 1. The number of carbonyl (C=O) groups excluding carboxylic acids is 2. The summed E-state index contributed by atoms with van der Waals surface area (Å²) in [5, 5.41) is 0. The third-order valence-electron chi connectivity index (χ3n) is 3.57. The van der Waals surface area contributed by atoms with Crippen molar-refractivity contribution >= 4 is 11.7 Å². The molecule has 1 amide bonds. The number of unbranched alkanes of at least 4 members (excludes halogenated alkanes) is 2. The summed E-state index contributed by atoms with van der Waals surface area (Å²) in [4.78, 5) is 21.8. The maximum absolute atomic E-state index is 13.2. The van der Waals surface area contributed by atoms with Crippen molar-refractivity contribution in [1.29, 1.82) is 0 Å². The minimum absolute atomic E-state index is 0.172. The SMILES string of the molecule is NC(=O)c1cccc(F)c1.NCCCCCC(=O)COc1c(F)cccc1F. The molecule has 2 aromatic rings. The van der Waals surface area contributed by atoms with Gasteiger partial charge in [-0.2, -0.15) is 0 Å². The molecule has 0 bridgehead atoms. The number of carbonyl (C=O) groups is 2. The third kappa shape index (κ3) is 8.68. The summed E-state index contributed by atoms with van der Waals surface area (Å²) in [6.07, 6.45) is 2.81. The molecule has 152 valence electrons. The minimum Gasteiger partial charge on any atom is -0.480 e. The molecule has 0 atom stereocenters. The molecule has 0 heterocycles. The summed E-state index contributed by atoms with van der Waals surface area (Å²) >= 11 is 0. The molecule has 8 heteroatoms. The van der Waals surface area contributed by atoms with E-state index in [0.29, 0.717) is 13.0 Å². The highest BCUT2D eigenvalue weighted by Crippen LogP contribution is 2.20. The second-order valence-corrected chi connectivity index (χ2v) is 5.85. The predicted molar refractivity (Wildman–Crippen MR) is 99.3 cm³/mol. The van der Waals surface area contributed by atoms with E-state index in [-0.39, 0.29) is 18.0 Å². The van der Waals surface area contributed by atoms with Gasteiger partial charge in [-0.25, -0.2) is 13.2 Å². The first kappa shape index (κ1) is 23.2. The van der Waals surface area contributed by atoms with Crippen molar-refractivity contribution in [3.8, 4) is 5.75 Å². The Morgan fingerprint density at radius 2 is 1.57 bits per heavy atom. The zero-order valence-corrected chi connectivity index (χ0v) is 15.3. The van der Waals surface area contributed by atoms with Crippen molar-refractivity contribution in [3.05, 3.63) is 65.5 Å². The summed E-state index contributed by atoms with van der Waals surface area (Å²) < 4.78 is 43.5. The van der Waals surface area contributed by atoms with Crippen LogP contribution in [-0.2, 0) is 4.79 Å². The number of nitrogens with two attached hydrogens (primary N) is 2. The zero-order valence-electron chi connectivity index (χ0n) is 15.3. The van der Waals surface area contributed by atoms with Crippen LogP contribution in [0.4, 0.5) is 13.2 Å². The third-order valence-corrected chi connectivity index (χ3v) is 3.57. The van der Waals surface area contributed by atoms with Gasteiger partial charge in [0.2, 0.25) is 5.91 Å². The minimum atomic E-state index is -0.800. The van der Waals surface area contributed by atoms with Gasteiger partial charge in [-0.15, -0.1) is 0 Å². The first-order valence-corrected chi connectivity index (χ1v) is 8.69. The predicted octanol–water partition coefficient (Wildman–Crippen LogP) is 3.36. The number of rotatable bonds is 9. The number of Topliss-reactive ketones (excluding diaryl/α,β-unsaturated/α-hetero) is 1. The van der Waals surface area contributed by atoms with Gasteiger partial charge in [-0.05, 0) is 49.7 Å². The molecule has 2 rings (SSSR count). The fourth-order valence-electron chi connectivity index (χ4n) is 2.13. The highest BCUT2D eigenvalue weighted by Gasteiger charge is 2.11. The van der Waals surface area contributed by atoms with Crippen molar-refractivity contribution in [3.63, 3.8) is 0 Å². The van der Waals surface area contributed by atoms with Gasteiger partial charge in [-0.1, -0.05) is 18.6 Å². The van der Waals surface area contributed by atoms with Gasteiger partial charge in [0.1, 0.15) is 12.4 Å². The monoisotopic (exact) mass is 396 g/mol. The van der Waals surface area contributed by atoms with Crippen LogP contribution in [0.3, 0.4) is 0 Å². The van der Waals surface area contributed by atoms with Crippen LogP contribution in [0.5, 0.6) is 5.75 Å². The van der Waals surface area contributed by atoms with Gasteiger partial charge in [0, 0.05) is 12.0 Å². The van der Waals surface area contributed by atoms with Crippen molar-refractivity contribution in [2.24, 2.45) is 11.5 Å². The molecular formula is C20H23F3N2O3. The Hall–Kier alpha value is -2.87. The normalized spacial score (nSPS) is 10.0.